The smallest absolute Gasteiger partial charge is 0.306 e. The first-order valence-electron chi connectivity index (χ1n) is 33.2. The normalized spacial score (nSPS) is 12.7. The zero-order valence-corrected chi connectivity index (χ0v) is 51.4. The summed E-state index contributed by atoms with van der Waals surface area (Å²) >= 11 is 0. The van der Waals surface area contributed by atoms with Crippen LogP contribution in [0.1, 0.15) is 323 Å². The molecule has 0 aromatic carbocycles. The van der Waals surface area contributed by atoms with Crippen LogP contribution >= 0.6 is 0 Å². The van der Waals surface area contributed by atoms with E-state index in [0.29, 0.717) is 19.3 Å². The minimum Gasteiger partial charge on any atom is -0.462 e. The van der Waals surface area contributed by atoms with Gasteiger partial charge < -0.3 is 14.2 Å². The molecule has 0 bridgehead atoms. The van der Waals surface area contributed by atoms with Gasteiger partial charge in [0.25, 0.3) is 0 Å². The van der Waals surface area contributed by atoms with Gasteiger partial charge in [-0.3, -0.25) is 14.4 Å². The van der Waals surface area contributed by atoms with Crippen molar-refractivity contribution in [1.82, 2.24) is 0 Å². The third-order valence-corrected chi connectivity index (χ3v) is 14.4. The van der Waals surface area contributed by atoms with Crippen LogP contribution in [-0.4, -0.2) is 37.2 Å². The van der Waals surface area contributed by atoms with Crippen molar-refractivity contribution in [3.05, 3.63) is 97.2 Å². The van der Waals surface area contributed by atoms with E-state index in [2.05, 4.69) is 118 Å². The van der Waals surface area contributed by atoms with Crippen LogP contribution in [0, 0.1) is 0 Å². The van der Waals surface area contributed by atoms with Crippen molar-refractivity contribution in [3.63, 3.8) is 0 Å². The van der Waals surface area contributed by atoms with Crippen LogP contribution in [-0.2, 0) is 28.6 Å². The molecule has 0 aliphatic heterocycles. The summed E-state index contributed by atoms with van der Waals surface area (Å²) in [5.74, 6) is -0.919. The Morgan fingerprint density at radius 3 is 0.782 bits per heavy atom. The van der Waals surface area contributed by atoms with Crippen LogP contribution in [0.2, 0.25) is 0 Å². The number of allylic oxidation sites excluding steroid dienone is 16. The van der Waals surface area contributed by atoms with Gasteiger partial charge in [0.2, 0.25) is 0 Å². The fourth-order valence-corrected chi connectivity index (χ4v) is 9.40. The highest BCUT2D eigenvalue weighted by atomic mass is 16.6. The highest BCUT2D eigenvalue weighted by Gasteiger charge is 2.19. The molecule has 0 saturated carbocycles. The molecule has 0 fully saturated rings. The van der Waals surface area contributed by atoms with Crippen molar-refractivity contribution < 1.29 is 28.6 Å². The van der Waals surface area contributed by atoms with Gasteiger partial charge in [-0.25, -0.2) is 0 Å². The number of carbonyl (C=O) groups excluding carboxylic acids is 3. The van der Waals surface area contributed by atoms with E-state index in [1.165, 1.54) is 173 Å². The van der Waals surface area contributed by atoms with Crippen LogP contribution in [0.4, 0.5) is 0 Å². The van der Waals surface area contributed by atoms with Crippen molar-refractivity contribution in [3.8, 4) is 0 Å². The zero-order chi connectivity index (χ0) is 56.4. The molecule has 1 atom stereocenters. The molecule has 0 aliphatic carbocycles. The maximum atomic E-state index is 12.9. The van der Waals surface area contributed by atoms with Crippen molar-refractivity contribution in [2.75, 3.05) is 13.2 Å². The summed E-state index contributed by atoms with van der Waals surface area (Å²) in [5, 5.41) is 0. The van der Waals surface area contributed by atoms with E-state index in [4.69, 9.17) is 14.2 Å². The van der Waals surface area contributed by atoms with Gasteiger partial charge in [0.1, 0.15) is 13.2 Å². The zero-order valence-electron chi connectivity index (χ0n) is 51.4. The fourth-order valence-electron chi connectivity index (χ4n) is 9.40. The summed E-state index contributed by atoms with van der Waals surface area (Å²) in [6, 6.07) is 0. The first-order valence-corrected chi connectivity index (χ1v) is 33.2. The number of rotatable bonds is 60. The predicted octanol–water partition coefficient (Wildman–Crippen LogP) is 22.8. The molecule has 0 rings (SSSR count). The van der Waals surface area contributed by atoms with E-state index < -0.39 is 6.10 Å². The number of hydrogen-bond donors (Lipinski definition) is 0. The number of ether oxygens (including phenoxy) is 3. The summed E-state index contributed by atoms with van der Waals surface area (Å²) in [5.41, 5.74) is 0. The lowest BCUT2D eigenvalue weighted by Gasteiger charge is -2.18. The van der Waals surface area contributed by atoms with E-state index in [0.717, 1.165) is 109 Å². The molecule has 6 nitrogen and oxygen atoms in total. The Morgan fingerprint density at radius 1 is 0.269 bits per heavy atom. The molecule has 78 heavy (non-hydrogen) atoms. The fraction of sp³-hybridized carbons (Fsp3) is 0.736. The van der Waals surface area contributed by atoms with Gasteiger partial charge in [-0.2, -0.15) is 0 Å². The molecule has 0 saturated heterocycles. The average Bonchev–Trinajstić information content (AvgIpc) is 3.44. The lowest BCUT2D eigenvalue weighted by molar-refractivity contribution is -0.167. The summed E-state index contributed by atoms with van der Waals surface area (Å²) in [6.45, 7) is 6.53. The first-order chi connectivity index (χ1) is 38.5. The second-order valence-electron chi connectivity index (χ2n) is 22.0. The standard InChI is InChI=1S/C72H124O6/c1-4-7-10-13-16-19-22-25-27-29-31-33-34-35-36-37-38-40-41-43-45-47-50-53-56-59-62-65-71(74)77-68-69(67-76-70(73)64-61-58-55-52-49-24-21-18-15-12-9-6-3)78-72(75)66-63-60-57-54-51-48-46-44-42-39-32-30-28-26-23-20-17-14-11-8-5-2/h7,10,16,19,25,27,31,33,35-36,38,40,43,45,50,53,69H,4-6,8-9,11-15,17-18,20-24,26,28-30,32,34,37,39,41-42,44,46-49,51-52,54-68H2,1-3H3/b10-7-,19-16-,27-25-,33-31-,36-35-,40-38-,45-43-,53-50-. The minimum absolute atomic E-state index is 0.0873. The SMILES string of the molecule is CC/C=C\C/C=C\C/C=C\C/C=C\C/C=C\C/C=C\C/C=C\C/C=C\CCCCC(=O)OCC(COC(=O)CCCCCCCCCCCCCC)OC(=O)CCCCCCCCCCCCCCCCCCCCCCC. The third-order valence-electron chi connectivity index (χ3n) is 14.4. The summed E-state index contributed by atoms with van der Waals surface area (Å²) < 4.78 is 16.9. The maximum Gasteiger partial charge on any atom is 0.306 e. The number of esters is 3. The van der Waals surface area contributed by atoms with Crippen LogP contribution in [0.5, 0.6) is 0 Å². The molecule has 448 valence electrons. The molecule has 0 amide bonds. The first kappa shape index (κ1) is 74.3. The maximum absolute atomic E-state index is 12.9. The van der Waals surface area contributed by atoms with Gasteiger partial charge >= 0.3 is 17.9 Å². The Kier molecular flexibility index (Phi) is 62.7. The predicted molar refractivity (Wildman–Crippen MR) is 339 cm³/mol. The number of unbranched alkanes of at least 4 members (excludes halogenated alkanes) is 33. The molecule has 0 radical (unpaired) electrons. The van der Waals surface area contributed by atoms with Crippen molar-refractivity contribution in [2.24, 2.45) is 0 Å². The summed E-state index contributed by atoms with van der Waals surface area (Å²) in [4.78, 5) is 38.3. The lowest BCUT2D eigenvalue weighted by Crippen LogP contribution is -2.30. The van der Waals surface area contributed by atoms with Gasteiger partial charge in [0.15, 0.2) is 6.10 Å². The van der Waals surface area contributed by atoms with E-state index in [1.54, 1.807) is 0 Å². The molecule has 0 heterocycles. The molecule has 0 aromatic rings. The molecule has 0 spiro atoms. The largest absolute Gasteiger partial charge is 0.462 e. The van der Waals surface area contributed by atoms with Gasteiger partial charge in [0.05, 0.1) is 0 Å². The van der Waals surface area contributed by atoms with Gasteiger partial charge in [-0.05, 0) is 83.5 Å². The Hall–Kier alpha value is -3.67. The quantitative estimate of drug-likeness (QED) is 0.0261. The third kappa shape index (κ3) is 63.2. The van der Waals surface area contributed by atoms with Crippen molar-refractivity contribution in [1.29, 1.82) is 0 Å². The molecule has 1 unspecified atom stereocenters. The summed E-state index contributed by atoms with van der Waals surface area (Å²) in [6.07, 6.45) is 88.5. The highest BCUT2D eigenvalue weighted by molar-refractivity contribution is 5.71. The molecule has 0 aliphatic rings. The van der Waals surface area contributed by atoms with Gasteiger partial charge in [0, 0.05) is 19.3 Å². The Labute approximate surface area is 483 Å². The second-order valence-corrected chi connectivity index (χ2v) is 22.0. The Bertz CT molecular complexity index is 1530. The topological polar surface area (TPSA) is 78.9 Å². The lowest BCUT2D eigenvalue weighted by atomic mass is 10.0. The van der Waals surface area contributed by atoms with E-state index in [9.17, 15) is 14.4 Å². The molecule has 0 N–H and O–H groups in total. The molecule has 0 aromatic heterocycles. The Morgan fingerprint density at radius 2 is 0.500 bits per heavy atom. The van der Waals surface area contributed by atoms with Crippen molar-refractivity contribution in [2.45, 2.75) is 329 Å². The van der Waals surface area contributed by atoms with Crippen molar-refractivity contribution >= 4 is 17.9 Å². The van der Waals surface area contributed by atoms with Crippen LogP contribution in [0.3, 0.4) is 0 Å². The summed E-state index contributed by atoms with van der Waals surface area (Å²) in [7, 11) is 0. The van der Waals surface area contributed by atoms with E-state index in [1.807, 2.05) is 0 Å². The van der Waals surface area contributed by atoms with Gasteiger partial charge in [-0.15, -0.1) is 0 Å². The molecular weight excluding hydrogens is 961 g/mol. The molecular formula is C72H124O6. The highest BCUT2D eigenvalue weighted by Crippen LogP contribution is 2.17. The minimum atomic E-state index is -0.794. The van der Waals surface area contributed by atoms with E-state index in [-0.39, 0.29) is 31.1 Å². The van der Waals surface area contributed by atoms with E-state index >= 15 is 0 Å². The number of carbonyl (C=O) groups is 3. The average molecular weight is 1090 g/mol. The Balaban J connectivity index is 4.37. The van der Waals surface area contributed by atoms with Crippen LogP contribution < -0.4 is 0 Å². The van der Waals surface area contributed by atoms with Gasteiger partial charge in [-0.1, -0.05) is 317 Å². The monoisotopic (exact) mass is 1080 g/mol. The second kappa shape index (κ2) is 65.8. The number of hydrogen-bond acceptors (Lipinski definition) is 6. The van der Waals surface area contributed by atoms with Crippen LogP contribution in [0.25, 0.3) is 0 Å². The molecule has 6 heteroatoms. The van der Waals surface area contributed by atoms with Crippen LogP contribution in [0.15, 0.2) is 97.2 Å².